The Morgan fingerprint density at radius 1 is 1.53 bits per heavy atom. The zero-order chi connectivity index (χ0) is 11.3. The molecule has 1 rings (SSSR count). The fourth-order valence-electron chi connectivity index (χ4n) is 1.57. The van der Waals surface area contributed by atoms with Crippen molar-refractivity contribution in [2.75, 3.05) is 0 Å². The summed E-state index contributed by atoms with van der Waals surface area (Å²) < 4.78 is 0. The SMILES string of the molecule is CCCc1ccc(C)cc1C(N)=NC=[NH2+]. The number of hydrogen-bond acceptors (Lipinski definition) is 0. The summed E-state index contributed by atoms with van der Waals surface area (Å²) in [4.78, 5) is 3.93. The molecule has 0 saturated carbocycles. The van der Waals surface area contributed by atoms with Gasteiger partial charge in [0.2, 0.25) is 5.84 Å². The molecular weight excluding hydrogens is 186 g/mol. The maximum absolute atomic E-state index is 5.84. The lowest BCUT2D eigenvalue weighted by Gasteiger charge is -2.06. The number of benzene rings is 1. The Morgan fingerprint density at radius 2 is 2.27 bits per heavy atom. The summed E-state index contributed by atoms with van der Waals surface area (Å²) in [7, 11) is 0. The van der Waals surface area contributed by atoms with Crippen molar-refractivity contribution in [2.24, 2.45) is 10.7 Å². The van der Waals surface area contributed by atoms with E-state index in [1.54, 1.807) is 0 Å². The van der Waals surface area contributed by atoms with Crippen LogP contribution in [-0.2, 0) is 6.42 Å². The molecule has 0 fully saturated rings. The Bertz CT molecular complexity index is 380. The van der Waals surface area contributed by atoms with Crippen LogP contribution >= 0.6 is 0 Å². The van der Waals surface area contributed by atoms with Crippen LogP contribution in [0.15, 0.2) is 23.2 Å². The molecule has 0 amide bonds. The Morgan fingerprint density at radius 3 is 2.87 bits per heavy atom. The van der Waals surface area contributed by atoms with Crippen LogP contribution in [0.25, 0.3) is 0 Å². The van der Waals surface area contributed by atoms with Crippen molar-refractivity contribution in [2.45, 2.75) is 26.7 Å². The topological polar surface area (TPSA) is 64.0 Å². The third kappa shape index (κ3) is 2.91. The van der Waals surface area contributed by atoms with Crippen LogP contribution in [0.4, 0.5) is 0 Å². The van der Waals surface area contributed by atoms with Crippen LogP contribution in [-0.4, -0.2) is 12.2 Å². The van der Waals surface area contributed by atoms with Gasteiger partial charge in [-0.25, -0.2) is 0 Å². The lowest BCUT2D eigenvalue weighted by molar-refractivity contribution is -0.106. The molecule has 0 aliphatic heterocycles. The molecule has 0 aliphatic carbocycles. The van der Waals surface area contributed by atoms with Gasteiger partial charge in [-0.05, 0) is 30.0 Å². The highest BCUT2D eigenvalue weighted by Crippen LogP contribution is 2.13. The second-order valence-electron chi connectivity index (χ2n) is 3.57. The zero-order valence-corrected chi connectivity index (χ0v) is 9.33. The predicted molar refractivity (Wildman–Crippen MR) is 63.9 cm³/mol. The van der Waals surface area contributed by atoms with Crippen molar-refractivity contribution in [3.05, 3.63) is 34.9 Å². The maximum Gasteiger partial charge on any atom is 0.279 e. The van der Waals surface area contributed by atoms with E-state index >= 15 is 0 Å². The standard InChI is InChI=1S/C12H17N3/c1-3-4-10-6-5-9(2)7-11(10)12(14)15-8-13/h5-8H,3-4H2,1-2H3,(H3,13,14,15)/p+1. The molecule has 0 aliphatic rings. The summed E-state index contributed by atoms with van der Waals surface area (Å²) in [6.45, 7) is 4.19. The quantitative estimate of drug-likeness (QED) is 0.542. The van der Waals surface area contributed by atoms with Crippen molar-refractivity contribution in [3.63, 3.8) is 0 Å². The Labute approximate surface area is 90.5 Å². The zero-order valence-electron chi connectivity index (χ0n) is 9.33. The van der Waals surface area contributed by atoms with Gasteiger partial charge in [0.1, 0.15) is 0 Å². The van der Waals surface area contributed by atoms with Crippen molar-refractivity contribution >= 4 is 12.2 Å². The molecule has 0 heterocycles. The first-order valence-electron chi connectivity index (χ1n) is 5.15. The van der Waals surface area contributed by atoms with Gasteiger partial charge in [0.25, 0.3) is 6.34 Å². The Balaban J connectivity index is 3.17. The maximum atomic E-state index is 5.84. The number of hydrogen-bond donors (Lipinski definition) is 2. The van der Waals surface area contributed by atoms with Gasteiger partial charge in [-0.1, -0.05) is 31.0 Å². The molecule has 1 aromatic rings. The number of amidine groups is 1. The second kappa shape index (κ2) is 5.29. The number of nitrogens with zero attached hydrogens (tertiary/aromatic N) is 1. The van der Waals surface area contributed by atoms with Crippen LogP contribution in [0.5, 0.6) is 0 Å². The van der Waals surface area contributed by atoms with Crippen LogP contribution in [0.1, 0.15) is 30.0 Å². The van der Waals surface area contributed by atoms with Crippen LogP contribution in [0.2, 0.25) is 0 Å². The highest BCUT2D eigenvalue weighted by molar-refractivity contribution is 6.02. The molecule has 0 radical (unpaired) electrons. The van der Waals surface area contributed by atoms with Crippen LogP contribution < -0.4 is 11.1 Å². The summed E-state index contributed by atoms with van der Waals surface area (Å²) in [6, 6.07) is 6.24. The van der Waals surface area contributed by atoms with Gasteiger partial charge >= 0.3 is 0 Å². The average Bonchev–Trinajstić information content (AvgIpc) is 2.21. The fourth-order valence-corrected chi connectivity index (χ4v) is 1.57. The molecule has 4 N–H and O–H groups in total. The second-order valence-corrected chi connectivity index (χ2v) is 3.57. The van der Waals surface area contributed by atoms with Gasteiger partial charge in [0.05, 0.1) is 0 Å². The molecule has 1 aromatic carbocycles. The van der Waals surface area contributed by atoms with E-state index in [-0.39, 0.29) is 0 Å². The summed E-state index contributed by atoms with van der Waals surface area (Å²) in [5.74, 6) is 0.490. The molecule has 0 atom stereocenters. The minimum atomic E-state index is 0.490. The normalized spacial score (nSPS) is 11.5. The molecule has 15 heavy (non-hydrogen) atoms. The lowest BCUT2D eigenvalue weighted by atomic mass is 10.00. The van der Waals surface area contributed by atoms with E-state index in [0.29, 0.717) is 5.84 Å². The van der Waals surface area contributed by atoms with Crippen molar-refractivity contribution in [1.82, 2.24) is 0 Å². The van der Waals surface area contributed by atoms with E-state index in [4.69, 9.17) is 11.1 Å². The summed E-state index contributed by atoms with van der Waals surface area (Å²) >= 11 is 0. The van der Waals surface area contributed by atoms with E-state index in [1.807, 2.05) is 13.0 Å². The van der Waals surface area contributed by atoms with Crippen molar-refractivity contribution in [3.8, 4) is 0 Å². The smallest absolute Gasteiger partial charge is 0.279 e. The molecule has 0 aromatic heterocycles. The van der Waals surface area contributed by atoms with E-state index in [1.165, 1.54) is 17.5 Å². The third-order valence-electron chi connectivity index (χ3n) is 2.27. The van der Waals surface area contributed by atoms with E-state index < -0.39 is 0 Å². The van der Waals surface area contributed by atoms with E-state index in [9.17, 15) is 0 Å². The van der Waals surface area contributed by atoms with Crippen LogP contribution in [0.3, 0.4) is 0 Å². The lowest BCUT2D eigenvalue weighted by Crippen LogP contribution is -2.30. The largest absolute Gasteiger partial charge is 0.362 e. The number of aryl methyl sites for hydroxylation is 2. The number of aliphatic imine (C=N–C) groups is 1. The van der Waals surface area contributed by atoms with E-state index in [2.05, 4.69) is 24.0 Å². The molecule has 0 unspecified atom stereocenters. The summed E-state index contributed by atoms with van der Waals surface area (Å²) in [5, 5.41) is 5.24. The minimum Gasteiger partial charge on any atom is -0.362 e. The molecule has 0 saturated heterocycles. The number of rotatable bonds is 4. The van der Waals surface area contributed by atoms with Gasteiger partial charge in [-0.3, -0.25) is 5.41 Å². The van der Waals surface area contributed by atoms with Crippen molar-refractivity contribution in [1.29, 1.82) is 0 Å². The molecule has 80 valence electrons. The highest BCUT2D eigenvalue weighted by atomic mass is 14.9. The Hall–Kier alpha value is -1.64. The van der Waals surface area contributed by atoms with Crippen molar-refractivity contribution < 1.29 is 5.41 Å². The average molecular weight is 204 g/mol. The molecule has 0 bridgehead atoms. The fraction of sp³-hybridized carbons (Fsp3) is 0.333. The van der Waals surface area contributed by atoms with Gasteiger partial charge < -0.3 is 5.73 Å². The predicted octanol–water partition coefficient (Wildman–Crippen LogP) is 0.440. The Kier molecular flexibility index (Phi) is 4.03. The molecule has 3 nitrogen and oxygen atoms in total. The van der Waals surface area contributed by atoms with Gasteiger partial charge in [0, 0.05) is 5.56 Å². The first-order chi connectivity index (χ1) is 7.19. The minimum absolute atomic E-state index is 0.490. The first-order valence-corrected chi connectivity index (χ1v) is 5.15. The molecule has 3 heteroatoms. The van der Waals surface area contributed by atoms with Gasteiger partial charge in [-0.2, -0.15) is 0 Å². The summed E-state index contributed by atoms with van der Waals surface area (Å²) in [6.07, 6.45) is 3.33. The first kappa shape index (κ1) is 11.4. The number of nitrogens with two attached hydrogens (primary N) is 2. The van der Waals surface area contributed by atoms with Gasteiger partial charge in [0.15, 0.2) is 0 Å². The third-order valence-corrected chi connectivity index (χ3v) is 2.27. The van der Waals surface area contributed by atoms with Gasteiger partial charge in [-0.15, -0.1) is 0 Å². The molecular formula is C12H18N3+. The van der Waals surface area contributed by atoms with E-state index in [0.717, 1.165) is 18.4 Å². The summed E-state index contributed by atoms with van der Waals surface area (Å²) in [5.41, 5.74) is 9.25. The van der Waals surface area contributed by atoms with Crippen LogP contribution in [0, 0.1) is 6.92 Å². The highest BCUT2D eigenvalue weighted by Gasteiger charge is 2.09. The monoisotopic (exact) mass is 204 g/mol. The molecule has 0 spiro atoms.